The van der Waals surface area contributed by atoms with E-state index in [1.165, 1.54) is 0 Å². The van der Waals surface area contributed by atoms with E-state index in [0.717, 1.165) is 35.3 Å². The van der Waals surface area contributed by atoms with Crippen molar-refractivity contribution in [1.29, 1.82) is 0 Å². The van der Waals surface area contributed by atoms with Crippen LogP contribution in [0, 0.1) is 0 Å². The quantitative estimate of drug-likeness (QED) is 0.104. The number of rotatable bonds is 14. The van der Waals surface area contributed by atoms with Crippen LogP contribution in [0.1, 0.15) is 47.4 Å². The molecule has 7 nitrogen and oxygen atoms in total. The topological polar surface area (TPSA) is 95.4 Å². The van der Waals surface area contributed by atoms with Crippen molar-refractivity contribution in [3.05, 3.63) is 132 Å². The predicted octanol–water partition coefficient (Wildman–Crippen LogP) is 7.85. The number of carbonyl (C=O) groups is 2. The molecule has 1 heterocycles. The lowest BCUT2D eigenvalue weighted by molar-refractivity contribution is 0.0944. The van der Waals surface area contributed by atoms with Gasteiger partial charge in [-0.25, -0.2) is 0 Å². The molecular weight excluding hydrogens is 560 g/mol. The van der Waals surface area contributed by atoms with Gasteiger partial charge in [-0.05, 0) is 87.4 Å². The number of para-hydroxylation sites is 2. The Labute approximate surface area is 265 Å². The summed E-state index contributed by atoms with van der Waals surface area (Å²) >= 11 is 0. The van der Waals surface area contributed by atoms with Crippen LogP contribution >= 0.6 is 0 Å². The average Bonchev–Trinajstić information content (AvgIpc) is 3.56. The molecule has 0 aliphatic heterocycles. The molecule has 0 saturated carbocycles. The van der Waals surface area contributed by atoms with Crippen LogP contribution in [0.4, 0.5) is 11.4 Å². The summed E-state index contributed by atoms with van der Waals surface area (Å²) < 4.78 is 6.12. The molecule has 0 bridgehead atoms. The summed E-state index contributed by atoms with van der Waals surface area (Å²) in [6.45, 7) is 5.36. The normalized spacial score (nSPS) is 12.1. The number of anilines is 2. The summed E-state index contributed by atoms with van der Waals surface area (Å²) in [5.74, 6) is 1.21. The third-order valence-electron chi connectivity index (χ3n) is 7.57. The molecule has 0 saturated heterocycles. The molecule has 0 aliphatic carbocycles. The highest BCUT2D eigenvalue weighted by molar-refractivity contribution is 5.95. The third kappa shape index (κ3) is 9.10. The highest BCUT2D eigenvalue weighted by Crippen LogP contribution is 2.29. The standard InChI is InChI=1S/C38H40N4O3/c1-27(41-33-9-5-3-6-10-33)23-25-39-37(43)31-17-13-29(14-18-31)35-21-22-36(45-35)30-15-19-32(20-16-30)38(44)40-26-24-28(2)42-34-11-7-4-8-12-34/h3-22,27-28,41-42H,23-26H2,1-2H3,(H,39,43)(H,40,44). The van der Waals surface area contributed by atoms with Crippen molar-refractivity contribution >= 4 is 23.2 Å². The zero-order valence-electron chi connectivity index (χ0n) is 25.8. The number of hydrogen-bond acceptors (Lipinski definition) is 5. The number of furan rings is 1. The van der Waals surface area contributed by atoms with Gasteiger partial charge in [0.2, 0.25) is 0 Å². The van der Waals surface area contributed by atoms with Gasteiger partial charge in [0, 0.05) is 58.8 Å². The lowest BCUT2D eigenvalue weighted by Gasteiger charge is -2.15. The number of hydrogen-bond donors (Lipinski definition) is 4. The maximum atomic E-state index is 12.7. The van der Waals surface area contributed by atoms with Crippen LogP contribution in [0.15, 0.2) is 126 Å². The Morgan fingerprint density at radius 1 is 0.533 bits per heavy atom. The van der Waals surface area contributed by atoms with E-state index in [-0.39, 0.29) is 23.9 Å². The zero-order chi connectivity index (χ0) is 31.4. The molecular formula is C38H40N4O3. The zero-order valence-corrected chi connectivity index (χ0v) is 25.8. The van der Waals surface area contributed by atoms with E-state index in [0.29, 0.717) is 35.7 Å². The molecule has 45 heavy (non-hydrogen) atoms. The Bertz CT molecular complexity index is 1530. The predicted molar refractivity (Wildman–Crippen MR) is 183 cm³/mol. The Hall–Kier alpha value is -5.30. The number of nitrogens with one attached hydrogen (secondary N) is 4. The van der Waals surface area contributed by atoms with E-state index in [1.54, 1.807) is 0 Å². The highest BCUT2D eigenvalue weighted by Gasteiger charge is 2.12. The van der Waals surface area contributed by atoms with E-state index in [9.17, 15) is 9.59 Å². The first-order valence-electron chi connectivity index (χ1n) is 15.4. The van der Waals surface area contributed by atoms with Crippen molar-refractivity contribution in [3.63, 3.8) is 0 Å². The summed E-state index contributed by atoms with van der Waals surface area (Å²) in [5.41, 5.74) is 5.11. The van der Waals surface area contributed by atoms with Crippen LogP contribution in [0.5, 0.6) is 0 Å². The lowest BCUT2D eigenvalue weighted by atomic mass is 10.1. The molecule has 5 rings (SSSR count). The molecule has 4 aromatic carbocycles. The van der Waals surface area contributed by atoms with Gasteiger partial charge in [0.25, 0.3) is 11.8 Å². The van der Waals surface area contributed by atoms with Gasteiger partial charge in [0.1, 0.15) is 11.5 Å². The van der Waals surface area contributed by atoms with Gasteiger partial charge >= 0.3 is 0 Å². The second-order valence-electron chi connectivity index (χ2n) is 11.2. The summed E-state index contributed by atoms with van der Waals surface area (Å²) in [6.07, 6.45) is 1.62. The summed E-state index contributed by atoms with van der Waals surface area (Å²) in [4.78, 5) is 25.3. The molecule has 0 radical (unpaired) electrons. The van der Waals surface area contributed by atoms with Crippen LogP contribution < -0.4 is 21.3 Å². The molecule has 0 fully saturated rings. The first kappa shape index (κ1) is 31.1. The fourth-order valence-electron chi connectivity index (χ4n) is 5.01. The summed E-state index contributed by atoms with van der Waals surface area (Å²) in [7, 11) is 0. The van der Waals surface area contributed by atoms with Crippen LogP contribution in [0.3, 0.4) is 0 Å². The van der Waals surface area contributed by atoms with Gasteiger partial charge in [0.05, 0.1) is 0 Å². The fraction of sp³-hybridized carbons (Fsp3) is 0.211. The Balaban J connectivity index is 1.07. The molecule has 1 aromatic heterocycles. The maximum absolute atomic E-state index is 12.7. The molecule has 0 aliphatic rings. The van der Waals surface area contributed by atoms with E-state index in [2.05, 4.69) is 35.1 Å². The van der Waals surface area contributed by atoms with E-state index in [1.807, 2.05) is 121 Å². The van der Waals surface area contributed by atoms with Crippen molar-refractivity contribution in [1.82, 2.24) is 10.6 Å². The first-order valence-corrected chi connectivity index (χ1v) is 15.4. The second kappa shape index (κ2) is 15.4. The van der Waals surface area contributed by atoms with Crippen molar-refractivity contribution in [2.75, 3.05) is 23.7 Å². The van der Waals surface area contributed by atoms with Gasteiger partial charge < -0.3 is 25.7 Å². The van der Waals surface area contributed by atoms with Crippen LogP contribution in [-0.2, 0) is 0 Å². The summed E-state index contributed by atoms with van der Waals surface area (Å²) in [5, 5.41) is 12.9. The maximum Gasteiger partial charge on any atom is 0.251 e. The van der Waals surface area contributed by atoms with Gasteiger partial charge in [0.15, 0.2) is 0 Å². The third-order valence-corrected chi connectivity index (χ3v) is 7.57. The minimum atomic E-state index is -0.101. The Morgan fingerprint density at radius 2 is 0.911 bits per heavy atom. The van der Waals surface area contributed by atoms with Crippen LogP contribution in [0.2, 0.25) is 0 Å². The molecule has 7 heteroatoms. The molecule has 2 unspecified atom stereocenters. The fourth-order valence-corrected chi connectivity index (χ4v) is 5.01. The van der Waals surface area contributed by atoms with Gasteiger partial charge in [-0.3, -0.25) is 9.59 Å². The van der Waals surface area contributed by atoms with E-state index >= 15 is 0 Å². The molecule has 4 N–H and O–H groups in total. The first-order chi connectivity index (χ1) is 21.9. The van der Waals surface area contributed by atoms with Gasteiger partial charge in [-0.15, -0.1) is 0 Å². The van der Waals surface area contributed by atoms with Crippen molar-refractivity contribution < 1.29 is 14.0 Å². The van der Waals surface area contributed by atoms with E-state index < -0.39 is 0 Å². The summed E-state index contributed by atoms with van der Waals surface area (Å²) in [6, 6.07) is 39.2. The van der Waals surface area contributed by atoms with Crippen molar-refractivity contribution in [2.45, 2.75) is 38.8 Å². The largest absolute Gasteiger partial charge is 0.456 e. The smallest absolute Gasteiger partial charge is 0.251 e. The molecule has 0 spiro atoms. The Morgan fingerprint density at radius 3 is 1.29 bits per heavy atom. The van der Waals surface area contributed by atoms with Gasteiger partial charge in [-0.2, -0.15) is 0 Å². The van der Waals surface area contributed by atoms with Gasteiger partial charge in [-0.1, -0.05) is 60.7 Å². The Kier molecular flexibility index (Phi) is 10.7. The molecule has 2 amide bonds. The van der Waals surface area contributed by atoms with Crippen molar-refractivity contribution in [2.24, 2.45) is 0 Å². The SMILES string of the molecule is CC(CCNC(=O)c1ccc(-c2ccc(-c3ccc(C(=O)NCCC(C)Nc4ccccc4)cc3)o2)cc1)Nc1ccccc1. The number of amides is 2. The van der Waals surface area contributed by atoms with Crippen LogP contribution in [0.25, 0.3) is 22.6 Å². The van der Waals surface area contributed by atoms with Crippen LogP contribution in [-0.4, -0.2) is 37.0 Å². The molecule has 2 atom stereocenters. The molecule has 5 aromatic rings. The van der Waals surface area contributed by atoms with Crippen molar-refractivity contribution in [3.8, 4) is 22.6 Å². The second-order valence-corrected chi connectivity index (χ2v) is 11.2. The minimum absolute atomic E-state index is 0.101. The number of benzene rings is 4. The number of carbonyl (C=O) groups excluding carboxylic acids is 2. The molecule has 230 valence electrons. The average molecular weight is 601 g/mol. The lowest BCUT2D eigenvalue weighted by Crippen LogP contribution is -2.28. The minimum Gasteiger partial charge on any atom is -0.456 e. The van der Waals surface area contributed by atoms with E-state index in [4.69, 9.17) is 4.42 Å². The highest BCUT2D eigenvalue weighted by atomic mass is 16.3. The monoisotopic (exact) mass is 600 g/mol.